The fourth-order valence-electron chi connectivity index (χ4n) is 10.9. The second-order valence-corrected chi connectivity index (χ2v) is 18.1. The summed E-state index contributed by atoms with van der Waals surface area (Å²) >= 11 is 0. The molecule has 2 aliphatic rings. The summed E-state index contributed by atoms with van der Waals surface area (Å²) in [4.78, 5) is 4.97. The van der Waals surface area contributed by atoms with Crippen molar-refractivity contribution in [3.05, 3.63) is 229 Å². The first-order valence-electron chi connectivity index (χ1n) is 21.9. The lowest BCUT2D eigenvalue weighted by atomic mass is 9.73. The predicted molar refractivity (Wildman–Crippen MR) is 263 cm³/mol. The molecule has 2 heterocycles. The summed E-state index contributed by atoms with van der Waals surface area (Å²) in [6.07, 6.45) is 0. The van der Waals surface area contributed by atoms with Gasteiger partial charge in [0.25, 0.3) is 0 Å². The van der Waals surface area contributed by atoms with Gasteiger partial charge in [0.2, 0.25) is 0 Å². The Morgan fingerprint density at radius 1 is 0.290 bits per heavy atom. The van der Waals surface area contributed by atoms with Crippen molar-refractivity contribution in [3.63, 3.8) is 0 Å². The third kappa shape index (κ3) is 5.29. The summed E-state index contributed by atoms with van der Waals surface area (Å²) in [6, 6.07) is 76.9. The van der Waals surface area contributed by atoms with Gasteiger partial charge in [-0.3, -0.25) is 0 Å². The van der Waals surface area contributed by atoms with E-state index >= 15 is 0 Å². The molecule has 0 unspecified atom stereocenters. The van der Waals surface area contributed by atoms with Gasteiger partial charge < -0.3 is 9.80 Å². The summed E-state index contributed by atoms with van der Waals surface area (Å²) in [6.45, 7) is 9.42. The standard InChI is InChI=1S/C60H46N2/c1-59(2)49-22-10-14-26-53(49)61(54-27-15-11-23-50(54)59)43-33-35-46-47(37-43)57(40-19-6-5-7-20-40)45-34-32-44(38-48(45)58(46)42-31-30-39-18-8-9-21-41(39)36-42)62-55-28-16-12-24-51(55)60(3,4)52-25-13-17-29-56(52)62/h5-38H,1-4H3. The van der Waals surface area contributed by atoms with Crippen LogP contribution in [0.4, 0.5) is 34.1 Å². The minimum atomic E-state index is -0.143. The van der Waals surface area contributed by atoms with Crippen LogP contribution in [0.3, 0.4) is 0 Å². The van der Waals surface area contributed by atoms with E-state index in [1.807, 2.05) is 0 Å². The van der Waals surface area contributed by atoms with E-state index in [9.17, 15) is 0 Å². The van der Waals surface area contributed by atoms with Crippen LogP contribution in [0.15, 0.2) is 206 Å². The van der Waals surface area contributed by atoms with Gasteiger partial charge in [-0.1, -0.05) is 179 Å². The fraction of sp³-hybridized carbons (Fsp3) is 0.100. The largest absolute Gasteiger partial charge is 0.310 e. The molecule has 0 saturated carbocycles. The molecule has 0 fully saturated rings. The van der Waals surface area contributed by atoms with E-state index in [1.165, 1.54) is 99.6 Å². The lowest BCUT2D eigenvalue weighted by molar-refractivity contribution is 0.632. The maximum absolute atomic E-state index is 2.49. The quantitative estimate of drug-likeness (QED) is 0.164. The van der Waals surface area contributed by atoms with Gasteiger partial charge >= 0.3 is 0 Å². The van der Waals surface area contributed by atoms with Crippen LogP contribution in [0, 0.1) is 0 Å². The Kier molecular flexibility index (Phi) is 7.96. The molecular formula is C60H46N2. The summed E-state index contributed by atoms with van der Waals surface area (Å²) in [7, 11) is 0. The Morgan fingerprint density at radius 3 is 1.15 bits per heavy atom. The molecule has 0 N–H and O–H groups in total. The monoisotopic (exact) mass is 794 g/mol. The van der Waals surface area contributed by atoms with Crippen LogP contribution in [-0.4, -0.2) is 0 Å². The molecule has 2 aliphatic heterocycles. The second kappa shape index (κ2) is 13.5. The second-order valence-electron chi connectivity index (χ2n) is 18.1. The number of anilines is 6. The minimum absolute atomic E-state index is 0.141. The third-order valence-electron chi connectivity index (χ3n) is 14.0. The lowest BCUT2D eigenvalue weighted by Gasteiger charge is -2.42. The Hall–Kier alpha value is -7.42. The minimum Gasteiger partial charge on any atom is -0.310 e. The first kappa shape index (κ1) is 36.4. The average Bonchev–Trinajstić information content (AvgIpc) is 3.31. The van der Waals surface area contributed by atoms with Gasteiger partial charge in [0.05, 0.1) is 22.7 Å². The van der Waals surface area contributed by atoms with Gasteiger partial charge in [0.1, 0.15) is 0 Å². The topological polar surface area (TPSA) is 6.48 Å². The van der Waals surface area contributed by atoms with E-state index in [4.69, 9.17) is 0 Å². The number of para-hydroxylation sites is 4. The predicted octanol–water partition coefficient (Wildman–Crippen LogP) is 16.7. The van der Waals surface area contributed by atoms with Crippen LogP contribution >= 0.6 is 0 Å². The molecular weight excluding hydrogens is 749 g/mol. The first-order valence-corrected chi connectivity index (χ1v) is 21.9. The van der Waals surface area contributed by atoms with Crippen molar-refractivity contribution in [2.75, 3.05) is 9.80 Å². The van der Waals surface area contributed by atoms with Gasteiger partial charge in [-0.25, -0.2) is 0 Å². The van der Waals surface area contributed by atoms with Gasteiger partial charge in [0, 0.05) is 22.2 Å². The summed E-state index contributed by atoms with van der Waals surface area (Å²) in [5, 5.41) is 7.39. The highest BCUT2D eigenvalue weighted by Crippen LogP contribution is 2.55. The van der Waals surface area contributed by atoms with Crippen molar-refractivity contribution in [2.45, 2.75) is 38.5 Å². The Balaban J connectivity index is 1.19. The molecule has 0 spiro atoms. The zero-order valence-corrected chi connectivity index (χ0v) is 35.5. The molecule has 2 heteroatoms. The normalized spacial score (nSPS) is 14.6. The molecule has 2 nitrogen and oxygen atoms in total. The molecule has 0 aromatic heterocycles. The molecule has 0 bridgehead atoms. The van der Waals surface area contributed by atoms with E-state index in [2.05, 4.69) is 244 Å². The Morgan fingerprint density at radius 2 is 0.677 bits per heavy atom. The molecule has 0 atom stereocenters. The SMILES string of the molecule is CC1(C)c2ccccc2N(c2ccc3c(-c4ccc5ccccc5c4)c4cc(N5c6ccccc6C(C)(C)c6ccccc65)ccc4c(-c4ccccc4)c3c2)c2ccccc21. The first-order chi connectivity index (χ1) is 30.3. The molecule has 12 rings (SSSR count). The van der Waals surface area contributed by atoms with Gasteiger partial charge in [-0.05, 0) is 131 Å². The highest BCUT2D eigenvalue weighted by Gasteiger charge is 2.38. The van der Waals surface area contributed by atoms with Crippen molar-refractivity contribution in [3.8, 4) is 22.3 Å². The summed E-state index contributed by atoms with van der Waals surface area (Å²) in [5.74, 6) is 0. The highest BCUT2D eigenvalue weighted by atomic mass is 15.2. The Labute approximate surface area is 364 Å². The molecule has 0 radical (unpaired) electrons. The molecule has 0 saturated heterocycles. The van der Waals surface area contributed by atoms with E-state index in [1.54, 1.807) is 0 Å². The number of hydrogen-bond acceptors (Lipinski definition) is 2. The molecule has 0 aliphatic carbocycles. The number of nitrogens with zero attached hydrogens (tertiary/aromatic N) is 2. The highest BCUT2D eigenvalue weighted by molar-refractivity contribution is 6.23. The number of benzene rings is 10. The molecule has 10 aromatic rings. The molecule has 296 valence electrons. The number of fused-ring (bicyclic) bond motifs is 7. The molecule has 62 heavy (non-hydrogen) atoms. The fourth-order valence-corrected chi connectivity index (χ4v) is 10.9. The Bertz CT molecular complexity index is 3330. The smallest absolute Gasteiger partial charge is 0.0502 e. The zero-order valence-electron chi connectivity index (χ0n) is 35.5. The summed E-state index contributed by atoms with van der Waals surface area (Å²) < 4.78 is 0. The lowest BCUT2D eigenvalue weighted by Crippen LogP contribution is -2.30. The van der Waals surface area contributed by atoms with Crippen LogP contribution in [0.1, 0.15) is 49.9 Å². The van der Waals surface area contributed by atoms with Crippen LogP contribution < -0.4 is 9.80 Å². The van der Waals surface area contributed by atoms with Crippen molar-refractivity contribution < 1.29 is 0 Å². The van der Waals surface area contributed by atoms with E-state index in [0.29, 0.717) is 0 Å². The van der Waals surface area contributed by atoms with Crippen molar-refractivity contribution in [2.24, 2.45) is 0 Å². The van der Waals surface area contributed by atoms with Crippen molar-refractivity contribution in [1.29, 1.82) is 0 Å². The maximum atomic E-state index is 2.49. The van der Waals surface area contributed by atoms with Crippen molar-refractivity contribution in [1.82, 2.24) is 0 Å². The molecule has 0 amide bonds. The van der Waals surface area contributed by atoms with E-state index < -0.39 is 0 Å². The van der Waals surface area contributed by atoms with Gasteiger partial charge in [-0.15, -0.1) is 0 Å². The average molecular weight is 795 g/mol. The third-order valence-corrected chi connectivity index (χ3v) is 14.0. The van der Waals surface area contributed by atoms with Crippen molar-refractivity contribution >= 4 is 66.4 Å². The van der Waals surface area contributed by atoms with Gasteiger partial charge in [0.15, 0.2) is 0 Å². The van der Waals surface area contributed by atoms with Crippen LogP contribution in [-0.2, 0) is 10.8 Å². The number of rotatable bonds is 4. The van der Waals surface area contributed by atoms with Crippen LogP contribution in [0.5, 0.6) is 0 Å². The zero-order chi connectivity index (χ0) is 41.7. The summed E-state index contributed by atoms with van der Waals surface area (Å²) in [5.41, 5.74) is 17.1. The molecule has 10 aromatic carbocycles. The number of hydrogen-bond donors (Lipinski definition) is 0. The maximum Gasteiger partial charge on any atom is 0.0502 e. The van der Waals surface area contributed by atoms with E-state index in [-0.39, 0.29) is 10.8 Å². The van der Waals surface area contributed by atoms with Gasteiger partial charge in [-0.2, -0.15) is 0 Å². The van der Waals surface area contributed by atoms with E-state index in [0.717, 1.165) is 11.4 Å². The van der Waals surface area contributed by atoms with Crippen LogP contribution in [0.25, 0.3) is 54.6 Å². The van der Waals surface area contributed by atoms with Crippen LogP contribution in [0.2, 0.25) is 0 Å².